The van der Waals surface area contributed by atoms with Gasteiger partial charge in [0.25, 0.3) is 0 Å². The fourth-order valence-electron chi connectivity index (χ4n) is 6.77. The summed E-state index contributed by atoms with van der Waals surface area (Å²) >= 11 is 6.28. The molecule has 0 N–H and O–H groups in total. The molecule has 3 aromatic rings. The summed E-state index contributed by atoms with van der Waals surface area (Å²) < 4.78 is 14.5. The molecule has 0 radical (unpaired) electrons. The zero-order valence-corrected chi connectivity index (χ0v) is 23.6. The van der Waals surface area contributed by atoms with Gasteiger partial charge in [0, 0.05) is 42.0 Å². The normalized spacial score (nSPS) is 21.5. The van der Waals surface area contributed by atoms with Gasteiger partial charge in [-0.05, 0) is 53.4 Å². The number of rotatable bonds is 5. The van der Waals surface area contributed by atoms with Gasteiger partial charge in [0.15, 0.2) is 5.78 Å². The highest BCUT2D eigenvalue weighted by Gasteiger charge is 2.44. The number of carbonyl (C=O) groups excluding carboxylic acids is 2. The second-order valence-corrected chi connectivity index (χ2v) is 11.3. The van der Waals surface area contributed by atoms with Crippen molar-refractivity contribution in [2.45, 2.75) is 44.2 Å². The average Bonchev–Trinajstić information content (AvgIpc) is 3.49. The highest BCUT2D eigenvalue weighted by atomic mass is 79.9. The van der Waals surface area contributed by atoms with Crippen LogP contribution in [-0.2, 0) is 17.8 Å². The molecule has 1 amide bonds. The zero-order chi connectivity index (χ0) is 25.6. The molecule has 0 bridgehead atoms. The molecule has 3 aromatic carbocycles. The van der Waals surface area contributed by atoms with E-state index < -0.39 is 5.92 Å². The first-order valence-corrected chi connectivity index (χ1v) is 13.6. The van der Waals surface area contributed by atoms with E-state index in [0.29, 0.717) is 17.1 Å². The van der Waals surface area contributed by atoms with Crippen LogP contribution in [0.2, 0.25) is 5.02 Å². The first-order valence-electron chi connectivity index (χ1n) is 13.2. The minimum Gasteiger partial charge on any atom is -1.00 e. The maximum absolute atomic E-state index is 14.2. The van der Waals surface area contributed by atoms with E-state index in [1.54, 1.807) is 18.2 Å². The summed E-state index contributed by atoms with van der Waals surface area (Å²) in [7, 11) is 0. The molecular weight excluding hydrogens is 567 g/mol. The molecule has 0 aromatic heterocycles. The van der Waals surface area contributed by atoms with E-state index >= 15 is 0 Å². The number of hydrogen-bond donors (Lipinski definition) is 0. The van der Waals surface area contributed by atoms with E-state index in [4.69, 9.17) is 11.6 Å². The molecule has 2 unspecified atom stereocenters. The van der Waals surface area contributed by atoms with E-state index in [1.165, 1.54) is 23.3 Å². The molecule has 7 heteroatoms. The highest BCUT2D eigenvalue weighted by Crippen LogP contribution is 2.41. The first-order chi connectivity index (χ1) is 17.9. The fraction of sp³-hybridized carbons (Fsp3) is 0.355. The Bertz CT molecular complexity index is 1360. The summed E-state index contributed by atoms with van der Waals surface area (Å²) in [6.45, 7) is 4.35. The number of fused-ring (bicyclic) bond motifs is 2. The van der Waals surface area contributed by atoms with Crippen LogP contribution in [0.1, 0.15) is 63.8 Å². The Kier molecular flexibility index (Phi) is 7.77. The predicted molar refractivity (Wildman–Crippen MR) is 142 cm³/mol. The molecule has 2 aliphatic heterocycles. The van der Waals surface area contributed by atoms with Crippen molar-refractivity contribution in [3.05, 3.63) is 105 Å². The molecule has 38 heavy (non-hydrogen) atoms. The number of quaternary nitrogens is 1. The van der Waals surface area contributed by atoms with Crippen LogP contribution in [0.25, 0.3) is 0 Å². The predicted octanol–water partition coefficient (Wildman–Crippen LogP) is 3.09. The third-order valence-electron chi connectivity index (χ3n) is 8.58. The fourth-order valence-corrected chi connectivity index (χ4v) is 6.95. The third-order valence-corrected chi connectivity index (χ3v) is 8.81. The lowest BCUT2D eigenvalue weighted by Gasteiger charge is -2.44. The second-order valence-electron chi connectivity index (χ2n) is 10.9. The van der Waals surface area contributed by atoms with Crippen LogP contribution >= 0.6 is 11.6 Å². The third kappa shape index (κ3) is 5.06. The van der Waals surface area contributed by atoms with Crippen molar-refractivity contribution in [3.8, 4) is 0 Å². The van der Waals surface area contributed by atoms with Crippen molar-refractivity contribution in [3.63, 3.8) is 0 Å². The molecule has 1 aliphatic carbocycles. The molecule has 0 spiro atoms. The minimum absolute atomic E-state index is 0. The van der Waals surface area contributed by atoms with Gasteiger partial charge < -0.3 is 26.4 Å². The lowest BCUT2D eigenvalue weighted by molar-refractivity contribution is -0.932. The van der Waals surface area contributed by atoms with Crippen molar-refractivity contribution >= 4 is 23.3 Å². The van der Waals surface area contributed by atoms with Gasteiger partial charge in [-0.2, -0.15) is 0 Å². The van der Waals surface area contributed by atoms with Crippen LogP contribution in [0, 0.1) is 5.82 Å². The Morgan fingerprint density at radius 3 is 2.50 bits per heavy atom. The summed E-state index contributed by atoms with van der Waals surface area (Å²) in [4.78, 5) is 29.0. The van der Waals surface area contributed by atoms with E-state index in [1.807, 2.05) is 17.0 Å². The van der Waals surface area contributed by atoms with Crippen LogP contribution in [0.4, 0.5) is 4.39 Å². The lowest BCUT2D eigenvalue weighted by Crippen LogP contribution is -3.00. The largest absolute Gasteiger partial charge is 1.00 e. The highest BCUT2D eigenvalue weighted by molar-refractivity contribution is 6.31. The SMILES string of the molecule is O=C1CC(C(=O)N2CCc3ccccc3C2C[N+]2(Cc3ccc(F)cc3)CCCC2)c2cc(Cl)ccc21.[Br-]. The lowest BCUT2D eigenvalue weighted by atomic mass is 9.89. The van der Waals surface area contributed by atoms with Crippen molar-refractivity contribution in [1.29, 1.82) is 0 Å². The summed E-state index contributed by atoms with van der Waals surface area (Å²) in [5.74, 6) is -0.675. The van der Waals surface area contributed by atoms with Gasteiger partial charge in [-0.3, -0.25) is 9.59 Å². The Balaban J connectivity index is 0.00000294. The Hall–Kier alpha value is -2.54. The van der Waals surface area contributed by atoms with Gasteiger partial charge in [0.1, 0.15) is 24.9 Å². The number of halogens is 3. The van der Waals surface area contributed by atoms with Crippen LogP contribution < -0.4 is 17.0 Å². The van der Waals surface area contributed by atoms with Crippen molar-refractivity contribution in [2.75, 3.05) is 26.2 Å². The molecule has 3 aliphatic rings. The summed E-state index contributed by atoms with van der Waals surface area (Å²) in [5.41, 5.74) is 5.01. The molecule has 4 nitrogen and oxygen atoms in total. The van der Waals surface area contributed by atoms with Crippen molar-refractivity contribution in [2.24, 2.45) is 0 Å². The maximum Gasteiger partial charge on any atom is 0.231 e. The molecule has 2 atom stereocenters. The van der Waals surface area contributed by atoms with E-state index in [2.05, 4.69) is 24.3 Å². The molecule has 1 saturated heterocycles. The Morgan fingerprint density at radius 2 is 1.74 bits per heavy atom. The molecule has 198 valence electrons. The topological polar surface area (TPSA) is 37.4 Å². The van der Waals surface area contributed by atoms with Gasteiger partial charge in [-0.25, -0.2) is 4.39 Å². The van der Waals surface area contributed by atoms with E-state index in [9.17, 15) is 14.0 Å². The van der Waals surface area contributed by atoms with Gasteiger partial charge >= 0.3 is 0 Å². The quantitative estimate of drug-likeness (QED) is 0.424. The van der Waals surface area contributed by atoms with Crippen LogP contribution in [-0.4, -0.2) is 47.3 Å². The standard InChI is InChI=1S/C31H31ClFN2O2.BrH/c32-23-9-12-26-27(17-23)28(18-30(26)36)31(37)34-14-13-22-5-1-2-6-25(22)29(34)20-35(15-3-4-16-35)19-21-7-10-24(33)11-8-21;/h1-2,5-12,17,28-29H,3-4,13-16,18-20H2;1H/q+1;/p-1. The molecule has 1 fully saturated rings. The molecule has 2 heterocycles. The van der Waals surface area contributed by atoms with Gasteiger partial charge in [0.05, 0.1) is 19.0 Å². The number of ketones is 1. The first kappa shape index (κ1) is 27.0. The summed E-state index contributed by atoms with van der Waals surface area (Å²) in [5, 5.41) is 0.549. The van der Waals surface area contributed by atoms with Crippen LogP contribution in [0.5, 0.6) is 0 Å². The van der Waals surface area contributed by atoms with Gasteiger partial charge in [-0.1, -0.05) is 48.0 Å². The summed E-state index contributed by atoms with van der Waals surface area (Å²) in [6.07, 6.45) is 3.30. The van der Waals surface area contributed by atoms with Crippen molar-refractivity contribution < 1.29 is 35.4 Å². The Morgan fingerprint density at radius 1 is 1.00 bits per heavy atom. The molecular formula is C31H31BrClFN2O2. The second kappa shape index (κ2) is 10.9. The van der Waals surface area contributed by atoms with Crippen molar-refractivity contribution in [1.82, 2.24) is 4.90 Å². The summed E-state index contributed by atoms with van der Waals surface area (Å²) in [6, 6.07) is 20.5. The smallest absolute Gasteiger partial charge is 0.231 e. The number of benzene rings is 3. The minimum atomic E-state index is -0.488. The number of Topliss-reactive ketones (excluding diaryl/α,β-unsaturated/α-hetero) is 1. The zero-order valence-electron chi connectivity index (χ0n) is 21.2. The number of carbonyl (C=O) groups is 2. The van der Waals surface area contributed by atoms with Crippen LogP contribution in [0.15, 0.2) is 66.7 Å². The number of hydrogen-bond acceptors (Lipinski definition) is 2. The van der Waals surface area contributed by atoms with Gasteiger partial charge in [-0.15, -0.1) is 0 Å². The number of nitrogens with zero attached hydrogens (tertiary/aromatic N) is 2. The monoisotopic (exact) mass is 596 g/mol. The number of amides is 1. The van der Waals surface area contributed by atoms with E-state index in [0.717, 1.165) is 61.1 Å². The Labute approximate surface area is 238 Å². The van der Waals surface area contributed by atoms with E-state index in [-0.39, 0.29) is 47.0 Å². The van der Waals surface area contributed by atoms with Crippen LogP contribution in [0.3, 0.4) is 0 Å². The maximum atomic E-state index is 14.2. The van der Waals surface area contributed by atoms with Gasteiger partial charge in [0.2, 0.25) is 5.91 Å². The molecule has 0 saturated carbocycles. The average molecular weight is 598 g/mol. The molecule has 6 rings (SSSR count). The number of likely N-dealkylation sites (tertiary alicyclic amines) is 1.